The summed E-state index contributed by atoms with van der Waals surface area (Å²) in [5.41, 5.74) is 0. The summed E-state index contributed by atoms with van der Waals surface area (Å²) in [5.74, 6) is -0.0830. The number of hydrogen-bond acceptors (Lipinski definition) is 22. The highest BCUT2D eigenvalue weighted by molar-refractivity contribution is 7.92. The van der Waals surface area contributed by atoms with Crippen LogP contribution in [-0.2, 0) is 87.1 Å². The number of hydrogen-bond donors (Lipinski definition) is 8. The van der Waals surface area contributed by atoms with E-state index in [0.29, 0.717) is 59.0 Å². The molecule has 0 heterocycles. The first-order valence-electron chi connectivity index (χ1n) is 24.1. The first-order valence-corrected chi connectivity index (χ1v) is 28.8. The van der Waals surface area contributed by atoms with Gasteiger partial charge in [0.15, 0.2) is 11.6 Å². The Kier molecular flexibility index (Phi) is 64.9. The van der Waals surface area contributed by atoms with Crippen LogP contribution < -0.4 is 19.5 Å². The van der Waals surface area contributed by atoms with Crippen molar-refractivity contribution in [2.45, 2.75) is 85.2 Å². The highest BCUT2D eigenvalue weighted by atomic mass is 32.2. The molecule has 1 amide bonds. The Morgan fingerprint density at radius 3 is 1.06 bits per heavy atom. The number of aliphatic hydroxyl groups is 4. The van der Waals surface area contributed by atoms with Crippen LogP contribution >= 0.6 is 0 Å². The van der Waals surface area contributed by atoms with Crippen LogP contribution in [0.5, 0.6) is 0 Å². The number of ether oxygens (including phenoxy) is 9. The van der Waals surface area contributed by atoms with Crippen LogP contribution in [0.3, 0.4) is 0 Å². The number of allylic oxidation sites excluding steroid dienone is 2. The average molecular weight is 1200 g/mol. The normalized spacial score (nSPS) is 12.6. The van der Waals surface area contributed by atoms with Gasteiger partial charge >= 0.3 is 0 Å². The first-order chi connectivity index (χ1) is 36.2. The van der Waals surface area contributed by atoms with E-state index in [1.807, 2.05) is 0 Å². The summed E-state index contributed by atoms with van der Waals surface area (Å²) in [6, 6.07) is 0. The van der Waals surface area contributed by atoms with Gasteiger partial charge in [0.25, 0.3) is 0 Å². The Balaban J connectivity index is -0.000000326. The average Bonchev–Trinajstić information content (AvgIpc) is 3.40. The standard InChI is InChI=1S/C24H47N3O15S3.C18H30O5.C5H9NO2.3CH4/c1-4-43(31,32)25-7-10-37-13-21(28)16-40-19-24(42-18-23(30)15-39-12-9-27-45(35,36)6-3)20-41-17-22(29)14-38-11-8-26-44(33,34)5-2;1-3-17(19)9-5-7-11-21-13-15-23-16-14-22-12-8-6-10-18(20)4-2;1-2-5(8)6-3-4-7;;;/h4-6,21-30H,1-3,7-20H2;3-4H,1-2,5-16H2;2,7H,1,3-4H2,(H,6,8);3*1H4. The number of rotatable bonds is 53. The summed E-state index contributed by atoms with van der Waals surface area (Å²) in [6.07, 6.45) is 4.44. The zero-order valence-electron chi connectivity index (χ0n) is 43.7. The summed E-state index contributed by atoms with van der Waals surface area (Å²) >= 11 is 0. The van der Waals surface area contributed by atoms with E-state index in [9.17, 15) is 55.0 Å². The fourth-order valence-corrected chi connectivity index (χ4v) is 6.27. The van der Waals surface area contributed by atoms with Gasteiger partial charge in [0.1, 0.15) is 24.4 Å². The number of unbranched alkanes of at least 4 members (excludes halogenated alkanes) is 2. The molecule has 0 aromatic carbocycles. The topological polar surface area (TPSA) is 366 Å². The molecule has 3 atom stereocenters. The van der Waals surface area contributed by atoms with Crippen molar-refractivity contribution in [3.05, 3.63) is 73.9 Å². The molecule has 3 unspecified atom stereocenters. The molecule has 0 saturated heterocycles. The molecular weight excluding hydrogens is 1100 g/mol. The van der Waals surface area contributed by atoms with Crippen molar-refractivity contribution < 1.29 is 103 Å². The molecule has 0 aromatic heterocycles. The van der Waals surface area contributed by atoms with E-state index >= 15 is 0 Å². The zero-order chi connectivity index (χ0) is 57.8. The Morgan fingerprint density at radius 2 is 0.747 bits per heavy atom. The molecule has 0 spiro atoms. The second kappa shape index (κ2) is 59.1. The number of ketones is 2. The quantitative estimate of drug-likeness (QED) is 0.0308. The van der Waals surface area contributed by atoms with Crippen LogP contribution in [0, 0.1) is 0 Å². The number of carbonyl (C=O) groups is 3. The molecule has 0 aliphatic heterocycles. The fourth-order valence-electron chi connectivity index (χ4n) is 4.81. The molecular formula is C50H98N4O22S3. The summed E-state index contributed by atoms with van der Waals surface area (Å²) in [4.78, 5) is 32.2. The third-order valence-corrected chi connectivity index (χ3v) is 11.8. The van der Waals surface area contributed by atoms with E-state index in [1.54, 1.807) is 0 Å². The van der Waals surface area contributed by atoms with Crippen LogP contribution in [0.1, 0.15) is 60.8 Å². The first kappa shape index (κ1) is 86.7. The van der Waals surface area contributed by atoms with Crippen molar-refractivity contribution in [3.63, 3.8) is 0 Å². The molecule has 0 radical (unpaired) electrons. The molecule has 0 aliphatic rings. The molecule has 0 aliphatic carbocycles. The lowest BCUT2D eigenvalue weighted by molar-refractivity contribution is -0.117. The molecule has 8 N–H and O–H groups in total. The summed E-state index contributed by atoms with van der Waals surface area (Å²) in [5, 5.41) is 43.1. The highest BCUT2D eigenvalue weighted by Gasteiger charge is 2.17. The predicted octanol–water partition coefficient (Wildman–Crippen LogP) is 0.802. The van der Waals surface area contributed by atoms with Crippen molar-refractivity contribution in [2.75, 3.05) is 145 Å². The second-order valence-electron chi connectivity index (χ2n) is 15.3. The van der Waals surface area contributed by atoms with Gasteiger partial charge in [-0.1, -0.05) is 61.8 Å². The second-order valence-corrected chi connectivity index (χ2v) is 20.5. The summed E-state index contributed by atoms with van der Waals surface area (Å²) in [6.45, 7) is 22.1. The largest absolute Gasteiger partial charge is 0.395 e. The van der Waals surface area contributed by atoms with Gasteiger partial charge in [-0.05, 0) is 43.9 Å². The lowest BCUT2D eigenvalue weighted by Gasteiger charge is -2.22. The minimum Gasteiger partial charge on any atom is -0.395 e. The Hall–Kier alpha value is -3.54. The van der Waals surface area contributed by atoms with Gasteiger partial charge in [-0.2, -0.15) is 0 Å². The Labute approximate surface area is 472 Å². The zero-order valence-corrected chi connectivity index (χ0v) is 46.1. The van der Waals surface area contributed by atoms with Gasteiger partial charge in [-0.25, -0.2) is 39.4 Å². The van der Waals surface area contributed by atoms with Gasteiger partial charge in [0.2, 0.25) is 36.0 Å². The van der Waals surface area contributed by atoms with Crippen molar-refractivity contribution in [1.29, 1.82) is 0 Å². The van der Waals surface area contributed by atoms with Gasteiger partial charge in [-0.15, -0.1) is 0 Å². The van der Waals surface area contributed by atoms with Crippen molar-refractivity contribution in [3.8, 4) is 0 Å². The molecule has 0 rings (SSSR count). The lowest BCUT2D eigenvalue weighted by Crippen LogP contribution is -2.34. The van der Waals surface area contributed by atoms with E-state index in [1.165, 1.54) is 12.2 Å². The maximum absolute atomic E-state index is 11.3. The maximum Gasteiger partial charge on any atom is 0.243 e. The highest BCUT2D eigenvalue weighted by Crippen LogP contribution is 2.03. The Morgan fingerprint density at radius 1 is 0.418 bits per heavy atom. The lowest BCUT2D eigenvalue weighted by atomic mass is 10.2. The number of aliphatic hydroxyl groups excluding tert-OH is 4. The Bertz CT molecular complexity index is 1800. The molecule has 0 saturated carbocycles. The number of carbonyl (C=O) groups excluding carboxylic acids is 3. The van der Waals surface area contributed by atoms with Crippen LogP contribution in [0.4, 0.5) is 0 Å². The van der Waals surface area contributed by atoms with Crippen molar-refractivity contribution >= 4 is 47.5 Å². The summed E-state index contributed by atoms with van der Waals surface area (Å²) in [7, 11) is -10.7. The number of sulfonamides is 3. The third-order valence-electron chi connectivity index (χ3n) is 8.71. The van der Waals surface area contributed by atoms with Crippen molar-refractivity contribution in [2.24, 2.45) is 0 Å². The molecule has 0 fully saturated rings. The smallest absolute Gasteiger partial charge is 0.243 e. The van der Waals surface area contributed by atoms with Gasteiger partial charge in [-0.3, -0.25) is 14.4 Å². The minimum absolute atomic E-state index is 0. The van der Waals surface area contributed by atoms with E-state index < -0.39 is 54.5 Å². The van der Waals surface area contributed by atoms with E-state index in [2.05, 4.69) is 59.0 Å². The van der Waals surface area contributed by atoms with Crippen LogP contribution in [0.15, 0.2) is 73.9 Å². The number of amides is 1. The van der Waals surface area contributed by atoms with Crippen LogP contribution in [-0.4, -0.2) is 233 Å². The summed E-state index contributed by atoms with van der Waals surface area (Å²) < 4.78 is 123. The molecule has 468 valence electrons. The molecule has 0 bridgehead atoms. The van der Waals surface area contributed by atoms with Crippen LogP contribution in [0.2, 0.25) is 0 Å². The van der Waals surface area contributed by atoms with E-state index in [0.717, 1.165) is 48.0 Å². The molecule has 26 nitrogen and oxygen atoms in total. The third kappa shape index (κ3) is 65.2. The van der Waals surface area contributed by atoms with Crippen molar-refractivity contribution in [1.82, 2.24) is 19.5 Å². The predicted molar refractivity (Wildman–Crippen MR) is 304 cm³/mol. The fraction of sp³-hybridized carbons (Fsp3) is 0.700. The molecule has 79 heavy (non-hydrogen) atoms. The van der Waals surface area contributed by atoms with Crippen LogP contribution in [0.25, 0.3) is 0 Å². The van der Waals surface area contributed by atoms with E-state index in [4.69, 9.17) is 47.7 Å². The molecule has 0 aromatic rings. The maximum atomic E-state index is 11.3. The minimum atomic E-state index is -3.59. The monoisotopic (exact) mass is 1200 g/mol. The molecule has 29 heteroatoms. The van der Waals surface area contributed by atoms with E-state index in [-0.39, 0.29) is 139 Å². The van der Waals surface area contributed by atoms with Gasteiger partial charge in [0.05, 0.1) is 106 Å². The van der Waals surface area contributed by atoms with Gasteiger partial charge < -0.3 is 68.4 Å². The number of nitrogens with one attached hydrogen (secondary N) is 4. The van der Waals surface area contributed by atoms with Gasteiger partial charge in [0, 0.05) is 68.5 Å². The SMILES string of the molecule is C.C.C.C=CC(=O)CCCCOCCOCCOCCCCC(=O)C=C.C=CC(=O)NCCO.C=CS(=O)(=O)NCCOCC(O)COCC(COCC(O)COCCNS(=O)(=O)C=C)OCC(O)COCCNS(=O)(=O)C=C.